The first-order valence-electron chi connectivity index (χ1n) is 8.78. The molecule has 2 fully saturated rings. The Morgan fingerprint density at radius 3 is 2.38 bits per heavy atom. The average molecular weight is 292 g/mol. The molecule has 2 atom stereocenters. The molecule has 1 N–H and O–H groups in total. The second kappa shape index (κ2) is 7.58. The maximum atomic E-state index is 9.77. The van der Waals surface area contributed by atoms with Crippen LogP contribution in [-0.4, -0.2) is 60.6 Å². The maximum Gasteiger partial charge on any atom is 0.122 e. The summed E-state index contributed by atoms with van der Waals surface area (Å²) in [5.74, 6) is 0.571. The largest absolute Gasteiger partial charge is 0.298 e. The van der Waals surface area contributed by atoms with Gasteiger partial charge in [0.2, 0.25) is 0 Å². The second-order valence-electron chi connectivity index (χ2n) is 6.85. The van der Waals surface area contributed by atoms with Crippen LogP contribution in [0.1, 0.15) is 46.5 Å². The molecule has 1 saturated heterocycles. The van der Waals surface area contributed by atoms with E-state index in [1.54, 1.807) is 0 Å². The zero-order valence-corrected chi connectivity index (χ0v) is 14.1. The van der Waals surface area contributed by atoms with E-state index < -0.39 is 0 Å². The lowest BCUT2D eigenvalue weighted by Crippen LogP contribution is -2.58. The quantitative estimate of drug-likeness (QED) is 0.744. The standard InChI is InChI=1S/C17H32N4/c1-4-8-19-17(13-18,16-6-7-16)14-20-9-11-21(12-10-20)15(3)5-2/h15-16,19H,4-12,14H2,1-3H3. The zero-order chi connectivity index (χ0) is 15.3. The average Bonchev–Trinajstić information content (AvgIpc) is 3.36. The van der Waals surface area contributed by atoms with Gasteiger partial charge in [0, 0.05) is 38.8 Å². The van der Waals surface area contributed by atoms with Crippen molar-refractivity contribution in [1.82, 2.24) is 15.1 Å². The Morgan fingerprint density at radius 1 is 1.24 bits per heavy atom. The van der Waals surface area contributed by atoms with E-state index in [4.69, 9.17) is 0 Å². The van der Waals surface area contributed by atoms with Gasteiger partial charge in [-0.2, -0.15) is 5.26 Å². The van der Waals surface area contributed by atoms with Crippen molar-refractivity contribution in [2.24, 2.45) is 5.92 Å². The highest BCUT2D eigenvalue weighted by Crippen LogP contribution is 2.40. The highest BCUT2D eigenvalue weighted by Gasteiger charge is 2.46. The fourth-order valence-electron chi connectivity index (χ4n) is 3.39. The van der Waals surface area contributed by atoms with Crippen molar-refractivity contribution in [3.63, 3.8) is 0 Å². The summed E-state index contributed by atoms with van der Waals surface area (Å²) >= 11 is 0. The topological polar surface area (TPSA) is 42.3 Å². The van der Waals surface area contributed by atoms with Crippen LogP contribution in [0, 0.1) is 17.2 Å². The van der Waals surface area contributed by atoms with Crippen LogP contribution < -0.4 is 5.32 Å². The van der Waals surface area contributed by atoms with Gasteiger partial charge >= 0.3 is 0 Å². The molecule has 0 spiro atoms. The molecule has 1 saturated carbocycles. The summed E-state index contributed by atoms with van der Waals surface area (Å²) in [5.41, 5.74) is -0.297. The molecule has 0 aromatic heterocycles. The molecule has 21 heavy (non-hydrogen) atoms. The summed E-state index contributed by atoms with van der Waals surface area (Å²) < 4.78 is 0. The van der Waals surface area contributed by atoms with E-state index in [0.29, 0.717) is 12.0 Å². The lowest BCUT2D eigenvalue weighted by atomic mass is 9.93. The number of rotatable bonds is 8. The molecule has 1 aliphatic heterocycles. The molecule has 0 aromatic rings. The van der Waals surface area contributed by atoms with Gasteiger partial charge < -0.3 is 0 Å². The Kier molecular flexibility index (Phi) is 6.04. The number of piperazine rings is 1. The molecule has 2 aliphatic rings. The van der Waals surface area contributed by atoms with E-state index in [1.165, 1.54) is 19.3 Å². The number of nitrogens with one attached hydrogen (secondary N) is 1. The van der Waals surface area contributed by atoms with Crippen LogP contribution in [0.15, 0.2) is 0 Å². The SMILES string of the molecule is CCCNC(C#N)(CN1CCN(C(C)CC)CC1)C1CC1. The molecule has 0 bridgehead atoms. The molecule has 0 radical (unpaired) electrons. The predicted molar refractivity (Wildman–Crippen MR) is 87.1 cm³/mol. The summed E-state index contributed by atoms with van der Waals surface area (Å²) in [6.45, 7) is 13.1. The molecule has 4 nitrogen and oxygen atoms in total. The van der Waals surface area contributed by atoms with Gasteiger partial charge in [0.15, 0.2) is 0 Å². The molecular weight excluding hydrogens is 260 g/mol. The lowest BCUT2D eigenvalue weighted by Gasteiger charge is -2.41. The third-order valence-electron chi connectivity index (χ3n) is 5.26. The van der Waals surface area contributed by atoms with Crippen molar-refractivity contribution < 1.29 is 0 Å². The number of hydrogen-bond donors (Lipinski definition) is 1. The van der Waals surface area contributed by atoms with E-state index >= 15 is 0 Å². The Morgan fingerprint density at radius 2 is 1.90 bits per heavy atom. The highest BCUT2D eigenvalue weighted by molar-refractivity contribution is 5.16. The summed E-state index contributed by atoms with van der Waals surface area (Å²) in [7, 11) is 0. The van der Waals surface area contributed by atoms with Crippen LogP contribution in [-0.2, 0) is 0 Å². The fourth-order valence-corrected chi connectivity index (χ4v) is 3.39. The lowest BCUT2D eigenvalue weighted by molar-refractivity contribution is 0.0829. The minimum Gasteiger partial charge on any atom is -0.298 e. The van der Waals surface area contributed by atoms with E-state index in [0.717, 1.165) is 45.7 Å². The third kappa shape index (κ3) is 4.18. The molecule has 2 rings (SSSR count). The predicted octanol–water partition coefficient (Wildman–Crippen LogP) is 2.07. The van der Waals surface area contributed by atoms with Crippen molar-refractivity contribution in [3.05, 3.63) is 0 Å². The Labute approximate surface area is 130 Å². The van der Waals surface area contributed by atoms with Crippen molar-refractivity contribution in [1.29, 1.82) is 5.26 Å². The third-order valence-corrected chi connectivity index (χ3v) is 5.26. The molecule has 0 amide bonds. The van der Waals surface area contributed by atoms with Crippen LogP contribution in [0.5, 0.6) is 0 Å². The minimum absolute atomic E-state index is 0.297. The molecule has 0 aromatic carbocycles. The van der Waals surface area contributed by atoms with Crippen molar-refractivity contribution in [3.8, 4) is 6.07 Å². The van der Waals surface area contributed by atoms with Gasteiger partial charge in [-0.25, -0.2) is 0 Å². The molecule has 1 heterocycles. The van der Waals surface area contributed by atoms with Crippen LogP contribution >= 0.6 is 0 Å². The van der Waals surface area contributed by atoms with E-state index in [9.17, 15) is 5.26 Å². The number of nitriles is 1. The van der Waals surface area contributed by atoms with Gasteiger partial charge in [-0.3, -0.25) is 15.1 Å². The molecule has 2 unspecified atom stereocenters. The van der Waals surface area contributed by atoms with E-state index in [2.05, 4.69) is 42.0 Å². The second-order valence-corrected chi connectivity index (χ2v) is 6.85. The first-order valence-corrected chi connectivity index (χ1v) is 8.78. The van der Waals surface area contributed by atoms with Crippen molar-refractivity contribution in [2.75, 3.05) is 39.3 Å². The van der Waals surface area contributed by atoms with Gasteiger partial charge in [0.25, 0.3) is 0 Å². The number of nitrogens with zero attached hydrogens (tertiary/aromatic N) is 3. The summed E-state index contributed by atoms with van der Waals surface area (Å²) in [6.07, 6.45) is 4.76. The van der Waals surface area contributed by atoms with Crippen LogP contribution in [0.4, 0.5) is 0 Å². The minimum atomic E-state index is -0.297. The molecule has 1 aliphatic carbocycles. The van der Waals surface area contributed by atoms with E-state index in [1.807, 2.05) is 0 Å². The Bertz CT molecular complexity index is 352. The summed E-state index contributed by atoms with van der Waals surface area (Å²) in [4.78, 5) is 5.09. The number of hydrogen-bond acceptors (Lipinski definition) is 4. The first kappa shape index (κ1) is 16.7. The van der Waals surface area contributed by atoms with Crippen molar-refractivity contribution in [2.45, 2.75) is 58.0 Å². The van der Waals surface area contributed by atoms with Crippen molar-refractivity contribution >= 4 is 0 Å². The summed E-state index contributed by atoms with van der Waals surface area (Å²) in [5, 5.41) is 13.3. The Balaban J connectivity index is 1.89. The molecule has 120 valence electrons. The normalized spacial score (nSPS) is 25.2. The monoisotopic (exact) mass is 292 g/mol. The summed E-state index contributed by atoms with van der Waals surface area (Å²) in [6, 6.07) is 3.33. The van der Waals surface area contributed by atoms with Gasteiger partial charge in [-0.1, -0.05) is 13.8 Å². The van der Waals surface area contributed by atoms with Crippen LogP contribution in [0.2, 0.25) is 0 Å². The smallest absolute Gasteiger partial charge is 0.122 e. The molecule has 4 heteroatoms. The Hall–Kier alpha value is -0.630. The van der Waals surface area contributed by atoms with Crippen LogP contribution in [0.25, 0.3) is 0 Å². The van der Waals surface area contributed by atoms with Gasteiger partial charge in [-0.15, -0.1) is 0 Å². The van der Waals surface area contributed by atoms with E-state index in [-0.39, 0.29) is 5.54 Å². The van der Waals surface area contributed by atoms with Crippen LogP contribution in [0.3, 0.4) is 0 Å². The van der Waals surface area contributed by atoms with Gasteiger partial charge in [0.05, 0.1) is 6.07 Å². The maximum absolute atomic E-state index is 9.77. The highest BCUT2D eigenvalue weighted by atomic mass is 15.3. The molecular formula is C17H32N4. The fraction of sp³-hybridized carbons (Fsp3) is 0.941. The van der Waals surface area contributed by atoms with Gasteiger partial charge in [0.1, 0.15) is 5.54 Å². The zero-order valence-electron chi connectivity index (χ0n) is 14.1. The first-order chi connectivity index (χ1) is 10.1. The van der Waals surface area contributed by atoms with Gasteiger partial charge in [-0.05, 0) is 45.1 Å².